The molecule has 152 valence electrons. The van der Waals surface area contributed by atoms with E-state index in [1.54, 1.807) is 18.2 Å². The number of carbonyl (C=O) groups excluding carboxylic acids is 2. The van der Waals surface area contributed by atoms with E-state index >= 15 is 0 Å². The largest absolute Gasteiger partial charge is 0.454 e. The molecule has 6 nitrogen and oxygen atoms in total. The van der Waals surface area contributed by atoms with Gasteiger partial charge >= 0.3 is 0 Å². The minimum atomic E-state index is -0.313. The van der Waals surface area contributed by atoms with E-state index < -0.39 is 0 Å². The first-order chi connectivity index (χ1) is 14.2. The molecule has 1 aliphatic carbocycles. The van der Waals surface area contributed by atoms with E-state index in [4.69, 9.17) is 9.47 Å². The lowest BCUT2D eigenvalue weighted by Gasteiger charge is -2.31. The van der Waals surface area contributed by atoms with Gasteiger partial charge in [0.15, 0.2) is 11.5 Å². The number of benzene rings is 2. The van der Waals surface area contributed by atoms with Gasteiger partial charge in [-0.15, -0.1) is 0 Å². The van der Waals surface area contributed by atoms with Crippen molar-refractivity contribution in [2.24, 2.45) is 5.92 Å². The maximum Gasteiger partial charge on any atom is 0.251 e. The molecule has 29 heavy (non-hydrogen) atoms. The van der Waals surface area contributed by atoms with E-state index in [1.807, 2.05) is 18.2 Å². The second-order valence-corrected chi connectivity index (χ2v) is 7.60. The number of amides is 2. The molecule has 0 saturated heterocycles. The number of carbonyl (C=O) groups is 2. The molecule has 0 bridgehead atoms. The average molecular weight is 394 g/mol. The quantitative estimate of drug-likeness (QED) is 0.785. The Labute approximate surface area is 170 Å². The van der Waals surface area contributed by atoms with E-state index in [1.165, 1.54) is 19.3 Å². The van der Waals surface area contributed by atoms with Crippen LogP contribution in [0.4, 0.5) is 0 Å². The SMILES string of the molecule is O=C(CNC(=O)c1ccc2c(c1)OCO2)NC(c1ccccc1)C1CCCCC1. The molecule has 1 saturated carbocycles. The van der Waals surface area contributed by atoms with E-state index in [9.17, 15) is 9.59 Å². The van der Waals surface area contributed by atoms with Gasteiger partial charge in [0, 0.05) is 5.56 Å². The van der Waals surface area contributed by atoms with Crippen LogP contribution in [0.15, 0.2) is 48.5 Å². The molecule has 2 amide bonds. The molecule has 2 aromatic rings. The van der Waals surface area contributed by atoms with Crippen molar-refractivity contribution >= 4 is 11.8 Å². The van der Waals surface area contributed by atoms with Crippen LogP contribution in [0.25, 0.3) is 0 Å². The maximum atomic E-state index is 12.6. The molecule has 2 N–H and O–H groups in total. The zero-order chi connectivity index (χ0) is 20.1. The third kappa shape index (κ3) is 4.70. The summed E-state index contributed by atoms with van der Waals surface area (Å²) >= 11 is 0. The van der Waals surface area contributed by atoms with Crippen molar-refractivity contribution in [3.8, 4) is 11.5 Å². The van der Waals surface area contributed by atoms with Gasteiger partial charge in [0.1, 0.15) is 0 Å². The fourth-order valence-corrected chi connectivity index (χ4v) is 4.13. The summed E-state index contributed by atoms with van der Waals surface area (Å²) in [5.41, 5.74) is 1.56. The number of nitrogens with one attached hydrogen (secondary N) is 2. The summed E-state index contributed by atoms with van der Waals surface area (Å²) in [5, 5.41) is 5.86. The lowest BCUT2D eigenvalue weighted by Crippen LogP contribution is -2.41. The van der Waals surface area contributed by atoms with Crippen molar-refractivity contribution in [1.82, 2.24) is 10.6 Å². The van der Waals surface area contributed by atoms with Gasteiger partial charge in [0.05, 0.1) is 12.6 Å². The molecule has 0 radical (unpaired) electrons. The summed E-state index contributed by atoms with van der Waals surface area (Å²) in [7, 11) is 0. The Balaban J connectivity index is 1.37. The Morgan fingerprint density at radius 1 is 0.966 bits per heavy atom. The second-order valence-electron chi connectivity index (χ2n) is 7.60. The van der Waals surface area contributed by atoms with Crippen molar-refractivity contribution < 1.29 is 19.1 Å². The molecule has 4 rings (SSSR count). The highest BCUT2D eigenvalue weighted by atomic mass is 16.7. The van der Waals surface area contributed by atoms with Gasteiger partial charge in [-0.2, -0.15) is 0 Å². The average Bonchev–Trinajstić information content (AvgIpc) is 3.25. The number of hydrogen-bond acceptors (Lipinski definition) is 4. The Morgan fingerprint density at radius 3 is 2.52 bits per heavy atom. The third-order valence-electron chi connectivity index (χ3n) is 5.64. The van der Waals surface area contributed by atoms with E-state index in [0.717, 1.165) is 18.4 Å². The van der Waals surface area contributed by atoms with Crippen LogP contribution in [0.1, 0.15) is 54.1 Å². The van der Waals surface area contributed by atoms with Gasteiger partial charge < -0.3 is 20.1 Å². The molecule has 0 aromatic heterocycles. The van der Waals surface area contributed by atoms with Gasteiger partial charge in [0.25, 0.3) is 5.91 Å². The highest BCUT2D eigenvalue weighted by Crippen LogP contribution is 2.34. The van der Waals surface area contributed by atoms with Crippen molar-refractivity contribution in [3.05, 3.63) is 59.7 Å². The van der Waals surface area contributed by atoms with Crippen molar-refractivity contribution in [3.63, 3.8) is 0 Å². The van der Waals surface area contributed by atoms with Crippen molar-refractivity contribution in [2.75, 3.05) is 13.3 Å². The van der Waals surface area contributed by atoms with Gasteiger partial charge in [-0.05, 0) is 42.5 Å². The molecular weight excluding hydrogens is 368 g/mol. The Kier molecular flexibility index (Phi) is 5.98. The van der Waals surface area contributed by atoms with Gasteiger partial charge in [-0.1, -0.05) is 49.6 Å². The fourth-order valence-electron chi connectivity index (χ4n) is 4.13. The standard InChI is InChI=1S/C23H26N2O4/c26-21(14-24-23(27)18-11-12-19-20(13-18)29-15-28-19)25-22(16-7-3-1-4-8-16)17-9-5-2-6-10-17/h1,3-4,7-8,11-13,17,22H,2,5-6,9-10,14-15H2,(H,24,27)(H,25,26). The Bertz CT molecular complexity index is 862. The zero-order valence-corrected chi connectivity index (χ0v) is 16.4. The highest BCUT2D eigenvalue weighted by Gasteiger charge is 2.26. The molecule has 1 unspecified atom stereocenters. The smallest absolute Gasteiger partial charge is 0.251 e. The molecule has 2 aliphatic rings. The molecular formula is C23H26N2O4. The number of hydrogen-bond donors (Lipinski definition) is 2. The minimum absolute atomic E-state index is 0.0218. The normalized spacial score (nSPS) is 16.8. The lowest BCUT2D eigenvalue weighted by molar-refractivity contribution is -0.121. The Morgan fingerprint density at radius 2 is 1.72 bits per heavy atom. The lowest BCUT2D eigenvalue weighted by atomic mass is 9.81. The molecule has 1 atom stereocenters. The fraction of sp³-hybridized carbons (Fsp3) is 0.391. The van der Waals surface area contributed by atoms with Gasteiger partial charge in [-0.3, -0.25) is 9.59 Å². The number of rotatable bonds is 6. The monoisotopic (exact) mass is 394 g/mol. The highest BCUT2D eigenvalue weighted by molar-refractivity contribution is 5.97. The maximum absolute atomic E-state index is 12.6. The van der Waals surface area contributed by atoms with Crippen LogP contribution in [-0.2, 0) is 4.79 Å². The predicted molar refractivity (Wildman–Crippen MR) is 109 cm³/mol. The Hall–Kier alpha value is -3.02. The van der Waals surface area contributed by atoms with Crippen LogP contribution in [0, 0.1) is 5.92 Å². The summed E-state index contributed by atoms with van der Waals surface area (Å²) in [6.45, 7) is 0.0914. The first-order valence-corrected chi connectivity index (χ1v) is 10.2. The summed E-state index contributed by atoms with van der Waals surface area (Å²) in [5.74, 6) is 1.10. The van der Waals surface area contributed by atoms with Crippen molar-refractivity contribution in [1.29, 1.82) is 0 Å². The third-order valence-corrected chi connectivity index (χ3v) is 5.64. The summed E-state index contributed by atoms with van der Waals surface area (Å²) < 4.78 is 10.6. The predicted octanol–water partition coefficient (Wildman–Crippen LogP) is 3.58. The second kappa shape index (κ2) is 8.99. The van der Waals surface area contributed by atoms with Crippen molar-refractivity contribution in [2.45, 2.75) is 38.1 Å². The van der Waals surface area contributed by atoms with E-state index in [-0.39, 0.29) is 31.2 Å². The molecule has 2 aromatic carbocycles. The van der Waals surface area contributed by atoms with Crippen LogP contribution >= 0.6 is 0 Å². The van der Waals surface area contributed by atoms with Crippen LogP contribution in [0.3, 0.4) is 0 Å². The van der Waals surface area contributed by atoms with E-state index in [0.29, 0.717) is 23.0 Å². The van der Waals surface area contributed by atoms with Crippen LogP contribution in [0.2, 0.25) is 0 Å². The first kappa shape index (κ1) is 19.3. The molecule has 1 aliphatic heterocycles. The van der Waals surface area contributed by atoms with Gasteiger partial charge in [-0.25, -0.2) is 0 Å². The minimum Gasteiger partial charge on any atom is -0.454 e. The first-order valence-electron chi connectivity index (χ1n) is 10.2. The number of fused-ring (bicyclic) bond motifs is 1. The van der Waals surface area contributed by atoms with Crippen LogP contribution in [-0.4, -0.2) is 25.2 Å². The number of ether oxygens (including phenoxy) is 2. The molecule has 1 heterocycles. The zero-order valence-electron chi connectivity index (χ0n) is 16.4. The summed E-state index contributed by atoms with van der Waals surface area (Å²) in [6, 6.07) is 15.1. The molecule has 1 fully saturated rings. The van der Waals surface area contributed by atoms with Gasteiger partial charge in [0.2, 0.25) is 12.7 Å². The summed E-state index contributed by atoms with van der Waals surface area (Å²) in [6.07, 6.45) is 5.89. The van der Waals surface area contributed by atoms with Crippen LogP contribution < -0.4 is 20.1 Å². The topological polar surface area (TPSA) is 76.7 Å². The molecule has 6 heteroatoms. The van der Waals surface area contributed by atoms with Crippen LogP contribution in [0.5, 0.6) is 11.5 Å². The summed E-state index contributed by atoms with van der Waals surface area (Å²) in [4.78, 5) is 25.0. The molecule has 0 spiro atoms. The van der Waals surface area contributed by atoms with E-state index in [2.05, 4.69) is 22.8 Å².